The summed E-state index contributed by atoms with van der Waals surface area (Å²) in [6.07, 6.45) is 3.43. The lowest BCUT2D eigenvalue weighted by Gasteiger charge is -2.20. The molecule has 2 heteroatoms. The van der Waals surface area contributed by atoms with Crippen LogP contribution < -0.4 is 5.32 Å². The van der Waals surface area contributed by atoms with Gasteiger partial charge in [-0.25, -0.2) is 0 Å². The molecule has 1 aromatic carbocycles. The first-order valence-corrected chi connectivity index (χ1v) is 7.57. The highest BCUT2D eigenvalue weighted by atomic mass is 16.5. The largest absolute Gasteiger partial charge is 0.382 e. The van der Waals surface area contributed by atoms with E-state index in [9.17, 15) is 0 Å². The van der Waals surface area contributed by atoms with Gasteiger partial charge >= 0.3 is 0 Å². The lowest BCUT2D eigenvalue weighted by molar-refractivity contribution is 0.141. The van der Waals surface area contributed by atoms with Crippen molar-refractivity contribution in [1.29, 1.82) is 0 Å². The van der Waals surface area contributed by atoms with Crippen molar-refractivity contribution < 1.29 is 4.74 Å². The molecule has 0 radical (unpaired) electrons. The predicted octanol–water partition coefficient (Wildman–Crippen LogP) is 4.16. The normalized spacial score (nSPS) is 12.6. The highest BCUT2D eigenvalue weighted by molar-refractivity contribution is 5.31. The van der Waals surface area contributed by atoms with Gasteiger partial charge in [0.15, 0.2) is 0 Å². The average molecular weight is 263 g/mol. The minimum Gasteiger partial charge on any atom is -0.382 e. The Morgan fingerprint density at radius 2 is 1.95 bits per heavy atom. The molecule has 0 saturated carbocycles. The molecule has 0 bridgehead atoms. The first-order valence-electron chi connectivity index (χ1n) is 7.57. The smallest absolute Gasteiger partial charge is 0.0466 e. The van der Waals surface area contributed by atoms with Gasteiger partial charge in [-0.05, 0) is 63.3 Å². The molecule has 0 aromatic heterocycles. The van der Waals surface area contributed by atoms with E-state index in [4.69, 9.17) is 4.74 Å². The lowest BCUT2D eigenvalue weighted by atomic mass is 9.98. The van der Waals surface area contributed by atoms with Gasteiger partial charge in [0.1, 0.15) is 0 Å². The number of hydrogen-bond acceptors (Lipinski definition) is 2. The van der Waals surface area contributed by atoms with E-state index >= 15 is 0 Å². The van der Waals surface area contributed by atoms with Crippen LogP contribution in [0.2, 0.25) is 0 Å². The molecule has 0 aliphatic carbocycles. The average Bonchev–Trinajstić information content (AvgIpc) is 2.41. The topological polar surface area (TPSA) is 21.3 Å². The van der Waals surface area contributed by atoms with Gasteiger partial charge in [-0.2, -0.15) is 0 Å². The molecule has 0 aliphatic heterocycles. The molecule has 19 heavy (non-hydrogen) atoms. The van der Waals surface area contributed by atoms with Gasteiger partial charge in [0, 0.05) is 19.3 Å². The molecule has 1 rings (SSSR count). The summed E-state index contributed by atoms with van der Waals surface area (Å²) in [5.41, 5.74) is 4.16. The minimum absolute atomic E-state index is 0.458. The highest BCUT2D eigenvalue weighted by Gasteiger charge is 2.11. The molecule has 1 unspecified atom stereocenters. The van der Waals surface area contributed by atoms with E-state index < -0.39 is 0 Å². The summed E-state index contributed by atoms with van der Waals surface area (Å²) < 4.78 is 5.44. The zero-order valence-electron chi connectivity index (χ0n) is 13.0. The molecular weight excluding hydrogens is 234 g/mol. The number of benzene rings is 1. The fraction of sp³-hybridized carbons (Fsp3) is 0.647. The van der Waals surface area contributed by atoms with Gasteiger partial charge < -0.3 is 10.1 Å². The van der Waals surface area contributed by atoms with Crippen molar-refractivity contribution in [1.82, 2.24) is 5.32 Å². The van der Waals surface area contributed by atoms with Crippen LogP contribution in [0, 0.1) is 13.8 Å². The Morgan fingerprint density at radius 3 is 2.58 bits per heavy atom. The van der Waals surface area contributed by atoms with Crippen LogP contribution in [-0.2, 0) is 4.74 Å². The lowest BCUT2D eigenvalue weighted by Crippen LogP contribution is -2.22. The Hall–Kier alpha value is -0.860. The summed E-state index contributed by atoms with van der Waals surface area (Å²) in [6.45, 7) is 11.4. The monoisotopic (exact) mass is 263 g/mol. The zero-order chi connectivity index (χ0) is 14.1. The SMILES string of the molecule is CCCNC(CCCOCC)c1ccc(C)c(C)c1. The van der Waals surface area contributed by atoms with E-state index in [2.05, 4.69) is 51.2 Å². The maximum absolute atomic E-state index is 5.44. The quantitative estimate of drug-likeness (QED) is 0.675. The van der Waals surface area contributed by atoms with Crippen LogP contribution in [0.5, 0.6) is 0 Å². The van der Waals surface area contributed by atoms with Gasteiger partial charge in [-0.15, -0.1) is 0 Å². The van der Waals surface area contributed by atoms with Gasteiger partial charge in [-0.1, -0.05) is 25.1 Å². The highest BCUT2D eigenvalue weighted by Crippen LogP contribution is 2.21. The van der Waals surface area contributed by atoms with E-state index in [1.807, 2.05) is 0 Å². The Bertz CT molecular complexity index is 362. The Kier molecular flexibility index (Phi) is 7.76. The standard InChI is InChI=1S/C17H29NO/c1-5-11-18-17(8-7-12-19-6-2)16-10-9-14(3)15(4)13-16/h9-10,13,17-18H,5-8,11-12H2,1-4H3. The van der Waals surface area contributed by atoms with E-state index in [-0.39, 0.29) is 0 Å². The van der Waals surface area contributed by atoms with Crippen LogP contribution in [0.1, 0.15) is 55.8 Å². The number of aryl methyl sites for hydroxylation is 2. The Morgan fingerprint density at radius 1 is 1.16 bits per heavy atom. The predicted molar refractivity (Wildman–Crippen MR) is 82.7 cm³/mol. The summed E-state index contributed by atoms with van der Waals surface area (Å²) >= 11 is 0. The molecule has 0 heterocycles. The van der Waals surface area contributed by atoms with Gasteiger partial charge in [0.25, 0.3) is 0 Å². The van der Waals surface area contributed by atoms with Crippen LogP contribution in [0.3, 0.4) is 0 Å². The van der Waals surface area contributed by atoms with Gasteiger partial charge in [0.2, 0.25) is 0 Å². The van der Waals surface area contributed by atoms with E-state index in [1.165, 1.54) is 23.1 Å². The summed E-state index contributed by atoms with van der Waals surface area (Å²) in [5, 5.41) is 3.65. The van der Waals surface area contributed by atoms with Crippen LogP contribution in [0.25, 0.3) is 0 Å². The zero-order valence-corrected chi connectivity index (χ0v) is 13.0. The molecule has 1 aromatic rings. The fourth-order valence-corrected chi connectivity index (χ4v) is 2.22. The van der Waals surface area contributed by atoms with E-state index in [0.29, 0.717) is 6.04 Å². The van der Waals surface area contributed by atoms with Crippen molar-refractivity contribution in [2.45, 2.75) is 53.0 Å². The number of nitrogens with one attached hydrogen (secondary N) is 1. The van der Waals surface area contributed by atoms with Crippen molar-refractivity contribution >= 4 is 0 Å². The molecule has 0 saturated heterocycles. The van der Waals surface area contributed by atoms with Crippen molar-refractivity contribution in [3.63, 3.8) is 0 Å². The summed E-state index contributed by atoms with van der Waals surface area (Å²) in [5.74, 6) is 0. The molecule has 0 aliphatic rings. The van der Waals surface area contributed by atoms with Crippen LogP contribution in [-0.4, -0.2) is 19.8 Å². The maximum atomic E-state index is 5.44. The molecule has 1 atom stereocenters. The number of ether oxygens (including phenoxy) is 1. The van der Waals surface area contributed by atoms with Crippen LogP contribution in [0.4, 0.5) is 0 Å². The number of hydrogen-bond donors (Lipinski definition) is 1. The minimum atomic E-state index is 0.458. The molecule has 0 amide bonds. The van der Waals surface area contributed by atoms with Gasteiger partial charge in [0.05, 0.1) is 0 Å². The second kappa shape index (κ2) is 9.11. The Labute approximate surface area is 118 Å². The first-order chi connectivity index (χ1) is 9.19. The molecule has 0 spiro atoms. The molecule has 1 N–H and O–H groups in total. The summed E-state index contributed by atoms with van der Waals surface area (Å²) in [6, 6.07) is 7.27. The third kappa shape index (κ3) is 5.75. The maximum Gasteiger partial charge on any atom is 0.0466 e. The van der Waals surface area contributed by atoms with Gasteiger partial charge in [-0.3, -0.25) is 0 Å². The molecule has 2 nitrogen and oxygen atoms in total. The first kappa shape index (κ1) is 16.2. The van der Waals surface area contributed by atoms with Crippen molar-refractivity contribution in [2.75, 3.05) is 19.8 Å². The molecule has 0 fully saturated rings. The molecule has 108 valence electrons. The van der Waals surface area contributed by atoms with Crippen molar-refractivity contribution in [2.24, 2.45) is 0 Å². The second-order valence-corrected chi connectivity index (χ2v) is 5.19. The summed E-state index contributed by atoms with van der Waals surface area (Å²) in [4.78, 5) is 0. The van der Waals surface area contributed by atoms with Crippen LogP contribution in [0.15, 0.2) is 18.2 Å². The van der Waals surface area contributed by atoms with E-state index in [1.54, 1.807) is 0 Å². The van der Waals surface area contributed by atoms with E-state index in [0.717, 1.165) is 32.6 Å². The van der Waals surface area contributed by atoms with Crippen LogP contribution >= 0.6 is 0 Å². The number of rotatable bonds is 9. The second-order valence-electron chi connectivity index (χ2n) is 5.19. The Balaban J connectivity index is 2.63. The fourth-order valence-electron chi connectivity index (χ4n) is 2.22. The molecular formula is C17H29NO. The van der Waals surface area contributed by atoms with Crippen molar-refractivity contribution in [3.05, 3.63) is 34.9 Å². The third-order valence-electron chi connectivity index (χ3n) is 3.56. The third-order valence-corrected chi connectivity index (χ3v) is 3.56. The van der Waals surface area contributed by atoms with Crippen molar-refractivity contribution in [3.8, 4) is 0 Å². The summed E-state index contributed by atoms with van der Waals surface area (Å²) in [7, 11) is 0.